The summed E-state index contributed by atoms with van der Waals surface area (Å²) in [7, 11) is 0. The van der Waals surface area contributed by atoms with Gasteiger partial charge in [0.2, 0.25) is 5.89 Å². The summed E-state index contributed by atoms with van der Waals surface area (Å²) in [6.07, 6.45) is 0. The number of hydrogen-bond acceptors (Lipinski definition) is 3. The summed E-state index contributed by atoms with van der Waals surface area (Å²) in [6, 6.07) is 72.2. The van der Waals surface area contributed by atoms with Gasteiger partial charge in [-0.05, 0) is 102 Å². The van der Waals surface area contributed by atoms with Crippen LogP contribution in [0.1, 0.15) is 0 Å². The van der Waals surface area contributed by atoms with E-state index in [9.17, 15) is 0 Å². The van der Waals surface area contributed by atoms with Crippen LogP contribution < -0.4 is 0 Å². The monoisotopic (exact) mass is 783 g/mol. The molecule has 0 aliphatic rings. The van der Waals surface area contributed by atoms with E-state index in [1.807, 2.05) is 41.7 Å². The summed E-state index contributed by atoms with van der Waals surface area (Å²) < 4.78 is 13.9. The maximum absolute atomic E-state index is 6.45. The first-order valence-electron chi connectivity index (χ1n) is 20.3. The van der Waals surface area contributed by atoms with Crippen LogP contribution >= 0.6 is 11.3 Å². The predicted octanol–water partition coefficient (Wildman–Crippen LogP) is 15.4. The SMILES string of the molecule is c1ccc(-c2nc3cc4c(cc3o2)c2cc(-c3cccc5c6ccccc6n(-c6cccc(-c7ccc8sc9ccccc9c8c7)c6)c35)ccc2n4-c2ccccc2)cc1. The third kappa shape index (κ3) is 5.00. The minimum absolute atomic E-state index is 0.624. The molecule has 0 aliphatic carbocycles. The fourth-order valence-corrected chi connectivity index (χ4v) is 10.5. The van der Waals surface area contributed by atoms with Gasteiger partial charge in [0.1, 0.15) is 5.52 Å². The van der Waals surface area contributed by atoms with E-state index in [0.717, 1.165) is 55.4 Å². The summed E-state index contributed by atoms with van der Waals surface area (Å²) in [6.45, 7) is 0. The first kappa shape index (κ1) is 33.3. The molecule has 0 unspecified atom stereocenters. The number of aromatic nitrogens is 3. The normalized spacial score (nSPS) is 12.0. The van der Waals surface area contributed by atoms with E-state index in [0.29, 0.717) is 5.89 Å². The van der Waals surface area contributed by atoms with Crippen molar-refractivity contribution in [2.45, 2.75) is 0 Å². The molecule has 280 valence electrons. The Morgan fingerprint density at radius 2 is 1.03 bits per heavy atom. The number of fused-ring (bicyclic) bond motifs is 10. The average molecular weight is 784 g/mol. The molecule has 0 saturated heterocycles. The third-order valence-corrected chi connectivity index (χ3v) is 13.3. The van der Waals surface area contributed by atoms with Crippen molar-refractivity contribution >= 4 is 86.2 Å². The topological polar surface area (TPSA) is 35.9 Å². The van der Waals surface area contributed by atoms with Gasteiger partial charge in [-0.3, -0.25) is 0 Å². The Labute approximate surface area is 348 Å². The largest absolute Gasteiger partial charge is 0.436 e. The van der Waals surface area contributed by atoms with Crippen LogP contribution in [-0.2, 0) is 0 Å². The zero-order valence-electron chi connectivity index (χ0n) is 32.2. The van der Waals surface area contributed by atoms with Crippen molar-refractivity contribution < 1.29 is 4.42 Å². The summed E-state index contributed by atoms with van der Waals surface area (Å²) in [5.41, 5.74) is 14.1. The van der Waals surface area contributed by atoms with E-state index < -0.39 is 0 Å². The molecule has 0 bridgehead atoms. The van der Waals surface area contributed by atoms with Crippen LogP contribution in [0.5, 0.6) is 0 Å². The Balaban J connectivity index is 1.03. The van der Waals surface area contributed by atoms with Gasteiger partial charge in [0.05, 0.1) is 22.1 Å². The molecule has 0 atom stereocenters. The summed E-state index contributed by atoms with van der Waals surface area (Å²) in [4.78, 5) is 4.96. The number of nitrogens with zero attached hydrogens (tertiary/aromatic N) is 3. The average Bonchev–Trinajstić information content (AvgIpc) is 4.07. The molecule has 0 saturated carbocycles. The molecule has 60 heavy (non-hydrogen) atoms. The highest BCUT2D eigenvalue weighted by atomic mass is 32.1. The van der Waals surface area contributed by atoms with Crippen molar-refractivity contribution in [3.05, 3.63) is 200 Å². The minimum Gasteiger partial charge on any atom is -0.436 e. The van der Waals surface area contributed by atoms with Gasteiger partial charge in [-0.15, -0.1) is 11.3 Å². The van der Waals surface area contributed by atoms with E-state index in [2.05, 4.69) is 179 Å². The number of para-hydroxylation sites is 3. The van der Waals surface area contributed by atoms with E-state index in [4.69, 9.17) is 9.40 Å². The van der Waals surface area contributed by atoms with Gasteiger partial charge in [-0.2, -0.15) is 0 Å². The second-order valence-corrected chi connectivity index (χ2v) is 16.6. The van der Waals surface area contributed by atoms with Gasteiger partial charge in [-0.1, -0.05) is 115 Å². The number of oxazole rings is 1. The van der Waals surface area contributed by atoms with Crippen LogP contribution in [0, 0.1) is 0 Å². The van der Waals surface area contributed by atoms with Gasteiger partial charge in [0, 0.05) is 64.2 Å². The first-order chi connectivity index (χ1) is 29.7. The molecular weight excluding hydrogens is 751 g/mol. The molecule has 0 amide bonds. The molecule has 13 rings (SSSR count). The van der Waals surface area contributed by atoms with Gasteiger partial charge >= 0.3 is 0 Å². The lowest BCUT2D eigenvalue weighted by atomic mass is 9.99. The molecule has 0 spiro atoms. The Bertz CT molecular complexity index is 3830. The maximum Gasteiger partial charge on any atom is 0.227 e. The number of thiophene rings is 1. The maximum atomic E-state index is 6.45. The van der Waals surface area contributed by atoms with Crippen LogP contribution in [0.4, 0.5) is 0 Å². The van der Waals surface area contributed by atoms with E-state index >= 15 is 0 Å². The van der Waals surface area contributed by atoms with E-state index in [1.165, 1.54) is 58.7 Å². The Kier molecular flexibility index (Phi) is 7.14. The molecule has 0 aliphatic heterocycles. The summed E-state index contributed by atoms with van der Waals surface area (Å²) in [5.74, 6) is 0.624. The van der Waals surface area contributed by atoms with Gasteiger partial charge < -0.3 is 13.6 Å². The molecule has 0 fully saturated rings. The second-order valence-electron chi connectivity index (χ2n) is 15.5. The molecule has 9 aromatic carbocycles. The van der Waals surface area contributed by atoms with Crippen LogP contribution in [0.2, 0.25) is 0 Å². The predicted molar refractivity (Wildman–Crippen MR) is 252 cm³/mol. The molecule has 0 radical (unpaired) electrons. The van der Waals surface area contributed by atoms with Crippen molar-refractivity contribution in [1.29, 1.82) is 0 Å². The van der Waals surface area contributed by atoms with Gasteiger partial charge in [-0.25, -0.2) is 4.98 Å². The summed E-state index contributed by atoms with van der Waals surface area (Å²) in [5, 5.41) is 7.35. The minimum atomic E-state index is 0.624. The molecule has 13 aromatic rings. The van der Waals surface area contributed by atoms with Crippen LogP contribution in [-0.4, -0.2) is 14.1 Å². The van der Waals surface area contributed by atoms with Gasteiger partial charge in [0.25, 0.3) is 0 Å². The van der Waals surface area contributed by atoms with Crippen molar-refractivity contribution in [2.75, 3.05) is 0 Å². The van der Waals surface area contributed by atoms with E-state index in [1.54, 1.807) is 0 Å². The zero-order chi connectivity index (χ0) is 39.3. The molecule has 4 nitrogen and oxygen atoms in total. The second kappa shape index (κ2) is 12.9. The smallest absolute Gasteiger partial charge is 0.227 e. The number of hydrogen-bond donors (Lipinski definition) is 0. The zero-order valence-corrected chi connectivity index (χ0v) is 33.0. The Morgan fingerprint density at radius 3 is 1.93 bits per heavy atom. The fourth-order valence-electron chi connectivity index (χ4n) is 9.42. The van der Waals surface area contributed by atoms with Crippen molar-refractivity contribution in [2.24, 2.45) is 0 Å². The highest BCUT2D eigenvalue weighted by molar-refractivity contribution is 7.25. The standard InChI is InChI=1S/C55H33N3OS/c1-3-13-34(14-4-1)55-56-47-33-50-45(32-51(47)59-55)44-31-37(25-27-49(44)57(50)38-16-5-2-6-17-38)40-21-12-22-43-41-19-7-9-23-48(41)58(54(40)43)39-18-11-15-35(29-39)36-26-28-53-46(30-36)42-20-8-10-24-52(42)60-53/h1-33H. The summed E-state index contributed by atoms with van der Waals surface area (Å²) >= 11 is 1.86. The number of rotatable bonds is 5. The van der Waals surface area contributed by atoms with Crippen molar-refractivity contribution in [3.8, 4) is 45.1 Å². The fraction of sp³-hybridized carbons (Fsp3) is 0. The number of benzene rings is 9. The molecule has 0 N–H and O–H groups in total. The van der Waals surface area contributed by atoms with Gasteiger partial charge in [0.15, 0.2) is 5.58 Å². The van der Waals surface area contributed by atoms with Crippen molar-refractivity contribution in [1.82, 2.24) is 14.1 Å². The molecule has 4 aromatic heterocycles. The van der Waals surface area contributed by atoms with Crippen molar-refractivity contribution in [3.63, 3.8) is 0 Å². The Morgan fingerprint density at radius 1 is 0.383 bits per heavy atom. The third-order valence-electron chi connectivity index (χ3n) is 12.1. The lowest BCUT2D eigenvalue weighted by Gasteiger charge is -2.14. The molecule has 4 heterocycles. The Hall–Kier alpha value is -7.73. The lowest BCUT2D eigenvalue weighted by Crippen LogP contribution is -1.96. The van der Waals surface area contributed by atoms with E-state index in [-0.39, 0.29) is 0 Å². The highest BCUT2D eigenvalue weighted by Gasteiger charge is 2.21. The van der Waals surface area contributed by atoms with Crippen LogP contribution in [0.15, 0.2) is 205 Å². The lowest BCUT2D eigenvalue weighted by molar-refractivity contribution is 0.620. The van der Waals surface area contributed by atoms with Crippen LogP contribution in [0.3, 0.4) is 0 Å². The molecule has 5 heteroatoms. The molecular formula is C55H33N3OS. The quantitative estimate of drug-likeness (QED) is 0.174. The first-order valence-corrected chi connectivity index (χ1v) is 21.1. The van der Waals surface area contributed by atoms with Crippen LogP contribution in [0.25, 0.3) is 120 Å². The highest BCUT2D eigenvalue weighted by Crippen LogP contribution is 2.43.